The number of aromatic nitrogens is 4. The highest BCUT2D eigenvalue weighted by atomic mass is 32.1. The van der Waals surface area contributed by atoms with E-state index in [1.54, 1.807) is 17.4 Å². The first kappa shape index (κ1) is 26.3. The third kappa shape index (κ3) is 5.52. The first-order valence-corrected chi connectivity index (χ1v) is 14.3. The van der Waals surface area contributed by atoms with Gasteiger partial charge in [-0.15, -0.1) is 0 Å². The van der Waals surface area contributed by atoms with Crippen molar-refractivity contribution in [3.63, 3.8) is 0 Å². The van der Waals surface area contributed by atoms with E-state index in [0.29, 0.717) is 23.3 Å². The second-order valence-corrected chi connectivity index (χ2v) is 12.8. The van der Waals surface area contributed by atoms with Gasteiger partial charge in [-0.3, -0.25) is 9.72 Å². The molecule has 1 aliphatic rings. The number of thiazole rings is 1. The minimum atomic E-state index is -0.389. The molecule has 4 heterocycles. The smallest absolute Gasteiger partial charge is 0.324 e. The van der Waals surface area contributed by atoms with Crippen LogP contribution in [0.2, 0.25) is 0 Å². The molecule has 0 radical (unpaired) electrons. The van der Waals surface area contributed by atoms with Gasteiger partial charge in [-0.1, -0.05) is 63.2 Å². The number of nitrogens with zero attached hydrogens (tertiary/aromatic N) is 4. The zero-order valence-electron chi connectivity index (χ0n) is 23.3. The summed E-state index contributed by atoms with van der Waals surface area (Å²) in [5.41, 5.74) is 3.52. The number of pyridine rings is 1. The van der Waals surface area contributed by atoms with Crippen molar-refractivity contribution >= 4 is 50.0 Å². The molecule has 208 valence electrons. The minimum absolute atomic E-state index is 0.186. The van der Waals surface area contributed by atoms with Crippen molar-refractivity contribution in [3.8, 4) is 11.3 Å². The van der Waals surface area contributed by atoms with Crippen molar-refractivity contribution in [3.05, 3.63) is 54.4 Å². The summed E-state index contributed by atoms with van der Waals surface area (Å²) in [6, 6.07) is 13.5. The number of carbonyl (C=O) groups excluding carboxylic acids is 1. The Balaban J connectivity index is 1.10. The lowest BCUT2D eigenvalue weighted by molar-refractivity contribution is 0.262. The van der Waals surface area contributed by atoms with Crippen LogP contribution in [0.4, 0.5) is 22.1 Å². The summed E-state index contributed by atoms with van der Waals surface area (Å²) in [5.74, 6) is 1.96. The summed E-state index contributed by atoms with van der Waals surface area (Å²) in [6.07, 6.45) is 4.42. The molecule has 2 amide bonds. The summed E-state index contributed by atoms with van der Waals surface area (Å²) in [4.78, 5) is 24.0. The molecule has 10 nitrogen and oxygen atoms in total. The van der Waals surface area contributed by atoms with E-state index in [-0.39, 0.29) is 17.0 Å². The maximum atomic E-state index is 12.4. The number of carbonyl (C=O) groups is 1. The highest BCUT2D eigenvalue weighted by Crippen LogP contribution is 2.36. The number of anilines is 3. The van der Waals surface area contributed by atoms with Crippen LogP contribution in [0.1, 0.15) is 53.2 Å². The van der Waals surface area contributed by atoms with Gasteiger partial charge in [0.25, 0.3) is 0 Å². The topological polar surface area (TPSA) is 121 Å². The summed E-state index contributed by atoms with van der Waals surface area (Å²) in [7, 11) is 0. The molecule has 1 aliphatic carbocycles. The zero-order valence-corrected chi connectivity index (χ0v) is 24.1. The highest BCUT2D eigenvalue weighted by molar-refractivity contribution is 7.23. The first-order chi connectivity index (χ1) is 19.1. The van der Waals surface area contributed by atoms with Crippen molar-refractivity contribution in [2.75, 3.05) is 22.5 Å². The molecule has 1 saturated carbocycles. The van der Waals surface area contributed by atoms with E-state index >= 15 is 0 Å². The molecule has 4 N–H and O–H groups in total. The number of benzene rings is 1. The number of hydrogen-bond acceptors (Lipinski definition) is 8. The molecule has 5 aromatic rings. The van der Waals surface area contributed by atoms with E-state index in [1.807, 2.05) is 57.3 Å². The van der Waals surface area contributed by atoms with Crippen LogP contribution in [-0.4, -0.2) is 43.7 Å². The monoisotopic (exact) mass is 558 g/mol. The van der Waals surface area contributed by atoms with Gasteiger partial charge in [0.2, 0.25) is 0 Å². The average molecular weight is 559 g/mol. The predicted octanol–water partition coefficient (Wildman–Crippen LogP) is 6.48. The molecular weight excluding hydrogens is 524 g/mol. The Kier molecular flexibility index (Phi) is 6.50. The quantitative estimate of drug-likeness (QED) is 0.172. The minimum Gasteiger partial charge on any atom is -0.368 e. The lowest BCUT2D eigenvalue weighted by Gasteiger charge is -2.21. The first-order valence-electron chi connectivity index (χ1n) is 13.5. The van der Waals surface area contributed by atoms with Crippen molar-refractivity contribution in [1.29, 1.82) is 0 Å². The van der Waals surface area contributed by atoms with Crippen molar-refractivity contribution in [2.24, 2.45) is 0 Å². The Morgan fingerprint density at radius 1 is 1.07 bits per heavy atom. The largest absolute Gasteiger partial charge is 0.368 e. The molecule has 1 aromatic carbocycles. The van der Waals surface area contributed by atoms with Crippen LogP contribution >= 0.6 is 11.3 Å². The lowest BCUT2D eigenvalue weighted by atomic mass is 9.93. The molecule has 0 unspecified atom stereocenters. The summed E-state index contributed by atoms with van der Waals surface area (Å²) < 4.78 is 7.40. The molecule has 0 aliphatic heterocycles. The number of amides is 2. The van der Waals surface area contributed by atoms with Crippen LogP contribution < -0.4 is 21.3 Å². The Morgan fingerprint density at radius 2 is 1.85 bits per heavy atom. The molecule has 11 heteroatoms. The van der Waals surface area contributed by atoms with Crippen LogP contribution in [0.5, 0.6) is 0 Å². The molecule has 1 fully saturated rings. The fraction of sp³-hybridized carbons (Fsp3) is 0.379. The van der Waals surface area contributed by atoms with Gasteiger partial charge in [-0.25, -0.2) is 14.8 Å². The van der Waals surface area contributed by atoms with Gasteiger partial charge >= 0.3 is 6.03 Å². The second-order valence-electron chi connectivity index (χ2n) is 11.8. The van der Waals surface area contributed by atoms with Gasteiger partial charge in [0, 0.05) is 47.1 Å². The third-order valence-electron chi connectivity index (χ3n) is 6.95. The van der Waals surface area contributed by atoms with Gasteiger partial charge in [0.15, 0.2) is 10.8 Å². The van der Waals surface area contributed by atoms with Gasteiger partial charge in [0.05, 0.1) is 11.2 Å². The van der Waals surface area contributed by atoms with Gasteiger partial charge in [-0.05, 0) is 37.1 Å². The van der Waals surface area contributed by atoms with E-state index in [4.69, 9.17) is 14.5 Å². The Labute approximate surface area is 236 Å². The molecule has 0 spiro atoms. The Morgan fingerprint density at radius 3 is 2.52 bits per heavy atom. The van der Waals surface area contributed by atoms with Crippen LogP contribution in [0.25, 0.3) is 26.6 Å². The van der Waals surface area contributed by atoms with Crippen LogP contribution in [0.3, 0.4) is 0 Å². The van der Waals surface area contributed by atoms with E-state index in [1.165, 1.54) is 12.8 Å². The molecule has 6 rings (SSSR count). The fourth-order valence-corrected chi connectivity index (χ4v) is 5.69. The van der Waals surface area contributed by atoms with Crippen molar-refractivity contribution in [1.82, 2.24) is 24.8 Å². The van der Waals surface area contributed by atoms with Crippen LogP contribution in [0.15, 0.2) is 53.2 Å². The second kappa shape index (κ2) is 9.90. The highest BCUT2D eigenvalue weighted by Gasteiger charge is 2.42. The number of nitrogens with one attached hydrogen (secondary N) is 4. The van der Waals surface area contributed by atoms with Crippen LogP contribution in [-0.2, 0) is 5.41 Å². The number of hydrogen-bond donors (Lipinski definition) is 4. The number of rotatable bonds is 8. The van der Waals surface area contributed by atoms with Crippen molar-refractivity contribution < 1.29 is 9.32 Å². The molecule has 0 saturated heterocycles. The summed E-state index contributed by atoms with van der Waals surface area (Å²) in [5, 5.41) is 16.6. The Hall–Kier alpha value is -3.96. The molecule has 0 atom stereocenters. The summed E-state index contributed by atoms with van der Waals surface area (Å²) >= 11 is 1.57. The van der Waals surface area contributed by atoms with Gasteiger partial charge < -0.3 is 20.5 Å². The van der Waals surface area contributed by atoms with Gasteiger partial charge in [-0.2, -0.15) is 0 Å². The normalized spacial score (nSPS) is 14.7. The lowest BCUT2D eigenvalue weighted by Crippen LogP contribution is -2.42. The van der Waals surface area contributed by atoms with Crippen LogP contribution in [0, 0.1) is 0 Å². The molecular formula is C29H34N8O2S. The Bertz CT molecular complexity index is 1670. The van der Waals surface area contributed by atoms with E-state index in [0.717, 1.165) is 38.9 Å². The fourth-order valence-electron chi connectivity index (χ4n) is 4.71. The zero-order chi connectivity index (χ0) is 28.1. The van der Waals surface area contributed by atoms with E-state index in [9.17, 15) is 4.79 Å². The molecule has 4 aromatic heterocycles. The average Bonchev–Trinajstić information content (AvgIpc) is 3.20. The van der Waals surface area contributed by atoms with E-state index < -0.39 is 0 Å². The van der Waals surface area contributed by atoms with Crippen molar-refractivity contribution in [2.45, 2.75) is 64.5 Å². The number of imidazole rings is 1. The van der Waals surface area contributed by atoms with E-state index in [2.05, 4.69) is 50.7 Å². The molecule has 40 heavy (non-hydrogen) atoms. The maximum absolute atomic E-state index is 12.4. The van der Waals surface area contributed by atoms with Gasteiger partial charge in [0.1, 0.15) is 16.4 Å². The standard InChI is InChI=1S/C29H34N8O2S/c1-17(2)35-29(12-13-29)16-30-23-11-10-21-25(33-23)40-27-32-20(15-37(21)27)18-6-8-19(9-7-18)31-26(38)34-24-14-22(39-36-24)28(3,4)5/h6-11,14-15,17,35H,12-13,16H2,1-5H3,(H,30,33)(H2,31,34,36,38). The third-order valence-corrected chi connectivity index (χ3v) is 7.91. The maximum Gasteiger partial charge on any atom is 0.324 e. The SMILES string of the molecule is CC(C)NC1(CNc2ccc3c(n2)sc2nc(-c4ccc(NC(=O)Nc5cc(C(C)(C)C)on5)cc4)cn23)CC1. The number of urea groups is 1. The number of fused-ring (bicyclic) bond motifs is 3. The predicted molar refractivity (Wildman–Crippen MR) is 160 cm³/mol. The summed E-state index contributed by atoms with van der Waals surface area (Å²) in [6.45, 7) is 11.3. The molecule has 0 bridgehead atoms.